The van der Waals surface area contributed by atoms with E-state index in [1.54, 1.807) is 0 Å². The molecule has 62 valence electrons. The van der Waals surface area contributed by atoms with E-state index in [4.69, 9.17) is 5.21 Å². The van der Waals surface area contributed by atoms with E-state index < -0.39 is 21.6 Å². The molecule has 6 nitrogen and oxygen atoms in total. The Hall–Kier alpha value is -0.980. The largest absolute Gasteiger partial charge is 1.00 e. The predicted molar refractivity (Wildman–Crippen MR) is 37.6 cm³/mol. The maximum absolute atomic E-state index is 10.9. The maximum Gasteiger partial charge on any atom is 1.00 e. The number of rotatable bonds is 0. The van der Waals surface area contributed by atoms with Crippen LogP contribution < -0.4 is 51.1 Å². The number of hydrogen-bond donors (Lipinski definition) is 1. The monoisotopic (exact) mass is 190 g/mol. The van der Waals surface area contributed by atoms with Crippen molar-refractivity contribution < 1.29 is 34.8 Å². The Morgan fingerprint density at radius 2 is 1.92 bits per heavy atom. The number of nitrogens with zero attached hydrogens (tertiary/aromatic N) is 2. The molecule has 0 radical (unpaired) electrons. The molecule has 0 bridgehead atoms. The van der Waals surface area contributed by atoms with E-state index >= 15 is 0 Å². The van der Waals surface area contributed by atoms with Crippen molar-refractivity contribution in [2.75, 3.05) is 0 Å². The van der Waals surface area contributed by atoms with Crippen molar-refractivity contribution in [1.29, 1.82) is 0 Å². The molecule has 1 N–H and O–H groups in total. The van der Waals surface area contributed by atoms with Crippen LogP contribution in [0, 0.1) is 5.21 Å². The summed E-state index contributed by atoms with van der Waals surface area (Å²) >= 11 is 0. The Kier molecular flexibility index (Phi) is 4.53. The van der Waals surface area contributed by atoms with E-state index in [0.717, 1.165) is 12.1 Å². The Morgan fingerprint density at radius 3 is 2.38 bits per heavy atom. The Morgan fingerprint density at radius 1 is 1.31 bits per heavy atom. The number of hydrogen-bond acceptors (Lipinski definition) is 6. The van der Waals surface area contributed by atoms with Gasteiger partial charge in [-0.15, -0.1) is 0 Å². The summed E-state index contributed by atoms with van der Waals surface area (Å²) in [6.07, 6.45) is 0. The van der Waals surface area contributed by atoms with Crippen molar-refractivity contribution in [2.24, 2.45) is 10.3 Å². The smallest absolute Gasteiger partial charge is 0.791 e. The average molecular weight is 190 g/mol. The Balaban J connectivity index is 0.00000144. The van der Waals surface area contributed by atoms with E-state index in [9.17, 15) is 14.8 Å². The van der Waals surface area contributed by atoms with E-state index in [0.29, 0.717) is 0 Å². The van der Waals surface area contributed by atoms with Crippen LogP contribution in [0.1, 0.15) is 0 Å². The molecule has 1 rings (SSSR count). The molecule has 7 heteroatoms. The van der Waals surface area contributed by atoms with Crippen molar-refractivity contribution >= 4 is 0 Å². The topological polar surface area (TPSA) is 102 Å². The molecular formula is C6H3N2NaO4. The molecule has 1 aromatic rings. The number of benzene rings is 1. The summed E-state index contributed by atoms with van der Waals surface area (Å²) in [6, 6.07) is 1.92. The van der Waals surface area contributed by atoms with Gasteiger partial charge in [-0.2, -0.15) is 0 Å². The van der Waals surface area contributed by atoms with Crippen molar-refractivity contribution in [3.63, 3.8) is 0 Å². The molecule has 0 saturated carbocycles. The third kappa shape index (κ3) is 2.24. The summed E-state index contributed by atoms with van der Waals surface area (Å²) in [5, 5.41) is 21.8. The van der Waals surface area contributed by atoms with Gasteiger partial charge in [0.15, 0.2) is 5.36 Å². The first kappa shape index (κ1) is 12.0. The first-order valence-corrected chi connectivity index (χ1v) is 2.90. The molecule has 0 aliphatic rings. The molecule has 0 atom stereocenters. The van der Waals surface area contributed by atoms with Crippen LogP contribution in [0.15, 0.2) is 32.0 Å². The summed E-state index contributed by atoms with van der Waals surface area (Å²) in [4.78, 5) is 21.6. The molecule has 0 unspecified atom stereocenters. The Bertz CT molecular complexity index is 501. The normalized spacial score (nSPS) is 12.6. The first-order valence-electron chi connectivity index (χ1n) is 2.90. The maximum atomic E-state index is 10.9. The van der Waals surface area contributed by atoms with Crippen LogP contribution in [0.5, 0.6) is 0 Å². The molecule has 13 heavy (non-hydrogen) atoms. The second kappa shape index (κ2) is 4.90. The molecule has 0 aromatic heterocycles. The third-order valence-corrected chi connectivity index (χ3v) is 1.27. The van der Waals surface area contributed by atoms with Crippen LogP contribution in [-0.4, -0.2) is 5.21 Å². The average Bonchev–Trinajstić information content (AvgIpc) is 2.06. The second-order valence-electron chi connectivity index (χ2n) is 1.95. The molecule has 0 spiro atoms. The van der Waals surface area contributed by atoms with Gasteiger partial charge in [-0.25, -0.2) is 0 Å². The van der Waals surface area contributed by atoms with E-state index in [1.807, 2.05) is 0 Å². The molecule has 0 aliphatic heterocycles. The van der Waals surface area contributed by atoms with Gasteiger partial charge in [-0.3, -0.25) is 9.59 Å². The van der Waals surface area contributed by atoms with Crippen LogP contribution in [-0.2, 0) is 0 Å². The van der Waals surface area contributed by atoms with Gasteiger partial charge >= 0.3 is 29.6 Å². The predicted octanol–water partition coefficient (Wildman–Crippen LogP) is -5.02. The molecular weight excluding hydrogens is 187 g/mol. The second-order valence-corrected chi connectivity index (χ2v) is 1.95. The fourth-order valence-corrected chi connectivity index (χ4v) is 0.709. The summed E-state index contributed by atoms with van der Waals surface area (Å²) in [6.45, 7) is 0. The first-order chi connectivity index (χ1) is 5.70. The zero-order valence-electron chi connectivity index (χ0n) is 6.72. The van der Waals surface area contributed by atoms with Gasteiger partial charge in [-0.05, 0) is 12.1 Å². The van der Waals surface area contributed by atoms with Gasteiger partial charge in [0.25, 0.3) is 0 Å². The van der Waals surface area contributed by atoms with Gasteiger partial charge in [0.2, 0.25) is 10.9 Å². The van der Waals surface area contributed by atoms with E-state index in [2.05, 4.69) is 10.3 Å². The zero-order valence-corrected chi connectivity index (χ0v) is 8.72. The van der Waals surface area contributed by atoms with Crippen molar-refractivity contribution in [1.82, 2.24) is 0 Å². The van der Waals surface area contributed by atoms with Gasteiger partial charge in [0.05, 0.1) is 0 Å². The van der Waals surface area contributed by atoms with E-state index in [1.165, 1.54) is 0 Å². The SMILES string of the molecule is O=c1cc/c(=N\[O-])c(=O)/c1=N\O.[Na+]. The van der Waals surface area contributed by atoms with Gasteiger partial charge in [0, 0.05) is 0 Å². The molecule has 0 fully saturated rings. The fraction of sp³-hybridized carbons (Fsp3) is 0. The molecule has 0 heterocycles. The zero-order chi connectivity index (χ0) is 9.14. The van der Waals surface area contributed by atoms with E-state index in [-0.39, 0.29) is 29.6 Å². The third-order valence-electron chi connectivity index (χ3n) is 1.27. The van der Waals surface area contributed by atoms with Crippen LogP contribution in [0.3, 0.4) is 0 Å². The Labute approximate surface area is 93.5 Å². The van der Waals surface area contributed by atoms with Crippen LogP contribution >= 0.6 is 0 Å². The van der Waals surface area contributed by atoms with Crippen molar-refractivity contribution in [2.45, 2.75) is 0 Å². The summed E-state index contributed by atoms with van der Waals surface area (Å²) < 4.78 is 0. The van der Waals surface area contributed by atoms with Crippen molar-refractivity contribution in [3.8, 4) is 0 Å². The van der Waals surface area contributed by atoms with Gasteiger partial charge < -0.3 is 15.6 Å². The van der Waals surface area contributed by atoms with Crippen LogP contribution in [0.4, 0.5) is 0 Å². The van der Waals surface area contributed by atoms with Crippen LogP contribution in [0.25, 0.3) is 0 Å². The van der Waals surface area contributed by atoms with Crippen molar-refractivity contribution in [3.05, 3.63) is 48.5 Å². The van der Waals surface area contributed by atoms with Gasteiger partial charge in [0.1, 0.15) is 5.36 Å². The quantitative estimate of drug-likeness (QED) is 0.251. The molecule has 0 aliphatic carbocycles. The molecule has 0 saturated heterocycles. The summed E-state index contributed by atoms with van der Waals surface area (Å²) in [5.41, 5.74) is -1.70. The standard InChI is InChI=1S/C6H4N2O4.Na/c9-4-2-1-3(7-11)6(10)5(4)8-12;/h1-2,11-12H;/q;+1/p-1/b7-3+,8-5-;. The summed E-state index contributed by atoms with van der Waals surface area (Å²) in [7, 11) is 0. The fourth-order valence-electron chi connectivity index (χ4n) is 0.709. The molecule has 1 aromatic carbocycles. The van der Waals surface area contributed by atoms with Crippen LogP contribution in [0.2, 0.25) is 0 Å². The summed E-state index contributed by atoms with van der Waals surface area (Å²) in [5.74, 6) is 0. The van der Waals surface area contributed by atoms with Gasteiger partial charge in [-0.1, -0.05) is 5.16 Å². The minimum absolute atomic E-state index is 0. The minimum atomic E-state index is -0.958. The minimum Gasteiger partial charge on any atom is -0.791 e. The molecule has 0 amide bonds.